The minimum atomic E-state index is -0.286. The number of nitrogens with one attached hydrogen (secondary N) is 1. The third-order valence-electron chi connectivity index (χ3n) is 4.25. The van der Waals surface area contributed by atoms with Gasteiger partial charge in [-0.05, 0) is 43.5 Å². The highest BCUT2D eigenvalue weighted by Crippen LogP contribution is 2.40. The fourth-order valence-corrected chi connectivity index (χ4v) is 2.80. The zero-order valence-electron chi connectivity index (χ0n) is 12.6. The van der Waals surface area contributed by atoms with E-state index in [2.05, 4.69) is 10.5 Å². The van der Waals surface area contributed by atoms with Crippen molar-refractivity contribution >= 4 is 23.2 Å². The predicted octanol–water partition coefficient (Wildman–Crippen LogP) is 2.93. The van der Waals surface area contributed by atoms with Crippen molar-refractivity contribution in [3.63, 3.8) is 0 Å². The van der Waals surface area contributed by atoms with Crippen molar-refractivity contribution in [1.82, 2.24) is 5.16 Å². The van der Waals surface area contributed by atoms with Crippen LogP contribution in [0.15, 0.2) is 34.9 Å². The number of amides is 2. The number of anilines is 2. The van der Waals surface area contributed by atoms with Crippen molar-refractivity contribution in [2.45, 2.75) is 31.6 Å². The number of nitrogens with zero attached hydrogens (tertiary/aromatic N) is 2. The Kier molecular flexibility index (Phi) is 3.37. The van der Waals surface area contributed by atoms with E-state index in [1.807, 2.05) is 12.1 Å². The van der Waals surface area contributed by atoms with Gasteiger partial charge in [-0.1, -0.05) is 5.16 Å². The molecule has 1 saturated carbocycles. The maximum Gasteiger partial charge on any atom is 0.277 e. The highest BCUT2D eigenvalue weighted by atomic mass is 16.5. The van der Waals surface area contributed by atoms with Crippen molar-refractivity contribution in [2.24, 2.45) is 0 Å². The molecule has 1 aliphatic carbocycles. The van der Waals surface area contributed by atoms with E-state index in [0.29, 0.717) is 23.7 Å². The van der Waals surface area contributed by atoms with E-state index in [9.17, 15) is 9.59 Å². The van der Waals surface area contributed by atoms with Gasteiger partial charge < -0.3 is 14.7 Å². The topological polar surface area (TPSA) is 75.4 Å². The summed E-state index contributed by atoms with van der Waals surface area (Å²) in [7, 11) is 0. The van der Waals surface area contributed by atoms with Gasteiger partial charge in [-0.25, -0.2) is 0 Å². The Morgan fingerprint density at radius 1 is 1.26 bits per heavy atom. The van der Waals surface area contributed by atoms with Crippen LogP contribution < -0.4 is 10.2 Å². The van der Waals surface area contributed by atoms with Crippen LogP contribution in [-0.4, -0.2) is 23.5 Å². The smallest absolute Gasteiger partial charge is 0.277 e. The molecule has 1 aromatic carbocycles. The number of hydrogen-bond donors (Lipinski definition) is 1. The molecule has 0 atom stereocenters. The third kappa shape index (κ3) is 2.84. The molecule has 0 radical (unpaired) electrons. The highest BCUT2D eigenvalue weighted by Gasteiger charge is 2.29. The molecule has 2 amide bonds. The summed E-state index contributed by atoms with van der Waals surface area (Å²) in [6, 6.07) is 8.99. The molecule has 6 heteroatoms. The van der Waals surface area contributed by atoms with Gasteiger partial charge in [0.15, 0.2) is 5.69 Å². The van der Waals surface area contributed by atoms with Crippen molar-refractivity contribution in [1.29, 1.82) is 0 Å². The molecule has 0 spiro atoms. The summed E-state index contributed by atoms with van der Waals surface area (Å²) in [4.78, 5) is 25.7. The Labute approximate surface area is 133 Å². The molecule has 6 nitrogen and oxygen atoms in total. The van der Waals surface area contributed by atoms with Crippen LogP contribution in [0.3, 0.4) is 0 Å². The van der Waals surface area contributed by atoms with Crippen LogP contribution in [0.25, 0.3) is 0 Å². The van der Waals surface area contributed by atoms with Crippen LogP contribution in [0.2, 0.25) is 0 Å². The van der Waals surface area contributed by atoms with Crippen LogP contribution >= 0.6 is 0 Å². The molecule has 2 aromatic rings. The summed E-state index contributed by atoms with van der Waals surface area (Å²) < 4.78 is 5.19. The number of carbonyl (C=O) groups is 2. The summed E-state index contributed by atoms with van der Waals surface area (Å²) >= 11 is 0. The molecule has 2 fully saturated rings. The largest absolute Gasteiger partial charge is 0.360 e. The first-order chi connectivity index (χ1) is 11.2. The average Bonchev–Trinajstić information content (AvgIpc) is 3.12. The average molecular weight is 311 g/mol. The maximum atomic E-state index is 12.2. The van der Waals surface area contributed by atoms with Gasteiger partial charge in [0.2, 0.25) is 5.91 Å². The number of carbonyl (C=O) groups excluding carboxylic acids is 2. The molecule has 23 heavy (non-hydrogen) atoms. The van der Waals surface area contributed by atoms with Gasteiger partial charge in [-0.15, -0.1) is 0 Å². The molecule has 0 bridgehead atoms. The van der Waals surface area contributed by atoms with Gasteiger partial charge in [0.25, 0.3) is 5.91 Å². The lowest BCUT2D eigenvalue weighted by atomic mass is 10.2. The van der Waals surface area contributed by atoms with Gasteiger partial charge >= 0.3 is 0 Å². The van der Waals surface area contributed by atoms with Crippen LogP contribution in [-0.2, 0) is 4.79 Å². The van der Waals surface area contributed by atoms with Crippen molar-refractivity contribution in [2.75, 3.05) is 16.8 Å². The molecule has 1 aliphatic heterocycles. The zero-order valence-corrected chi connectivity index (χ0v) is 12.6. The zero-order chi connectivity index (χ0) is 15.8. The predicted molar refractivity (Wildman–Crippen MR) is 84.5 cm³/mol. The second-order valence-electron chi connectivity index (χ2n) is 6.04. The van der Waals surface area contributed by atoms with E-state index >= 15 is 0 Å². The minimum absolute atomic E-state index is 0.150. The van der Waals surface area contributed by atoms with Crippen LogP contribution in [0.5, 0.6) is 0 Å². The summed E-state index contributed by atoms with van der Waals surface area (Å²) in [6.07, 6.45) is 3.71. The number of hydrogen-bond acceptors (Lipinski definition) is 4. The lowest BCUT2D eigenvalue weighted by Gasteiger charge is -2.15. The lowest BCUT2D eigenvalue weighted by molar-refractivity contribution is -0.117. The normalized spacial score (nSPS) is 17.6. The van der Waals surface area contributed by atoms with E-state index in [-0.39, 0.29) is 11.8 Å². The second-order valence-corrected chi connectivity index (χ2v) is 6.04. The summed E-state index contributed by atoms with van der Waals surface area (Å²) in [5.41, 5.74) is 1.83. The highest BCUT2D eigenvalue weighted by molar-refractivity contribution is 6.03. The SMILES string of the molecule is O=C(Nc1ccc(N2CCCC2=O)cc1)c1cc(C2CC2)on1. The Morgan fingerprint density at radius 3 is 2.70 bits per heavy atom. The fraction of sp³-hybridized carbons (Fsp3) is 0.353. The second kappa shape index (κ2) is 5.53. The molecule has 1 aromatic heterocycles. The standard InChI is InChI=1S/C17H17N3O3/c21-16-2-1-9-20(16)13-7-5-12(6-8-13)18-17(22)14-10-15(23-19-14)11-3-4-11/h5-8,10-11H,1-4,9H2,(H,18,22). The van der Waals surface area contributed by atoms with Gasteiger partial charge in [0.1, 0.15) is 5.76 Å². The monoisotopic (exact) mass is 311 g/mol. The van der Waals surface area contributed by atoms with Crippen LogP contribution in [0, 0.1) is 0 Å². The number of rotatable bonds is 4. The summed E-state index contributed by atoms with van der Waals surface area (Å²) in [6.45, 7) is 0.757. The lowest BCUT2D eigenvalue weighted by Crippen LogP contribution is -2.23. The van der Waals surface area contributed by atoms with Crippen LogP contribution in [0.4, 0.5) is 11.4 Å². The maximum absolute atomic E-state index is 12.2. The van der Waals surface area contributed by atoms with Crippen molar-refractivity contribution < 1.29 is 14.1 Å². The molecule has 1 N–H and O–H groups in total. The molecule has 118 valence electrons. The van der Waals surface area contributed by atoms with Crippen LogP contribution in [0.1, 0.15) is 47.8 Å². The number of benzene rings is 1. The molecule has 4 rings (SSSR count). The first-order valence-corrected chi connectivity index (χ1v) is 7.89. The number of aromatic nitrogens is 1. The summed E-state index contributed by atoms with van der Waals surface area (Å²) in [5, 5.41) is 6.62. The molecular formula is C17H17N3O3. The third-order valence-corrected chi connectivity index (χ3v) is 4.25. The van der Waals surface area contributed by atoms with Gasteiger partial charge in [-0.3, -0.25) is 9.59 Å². The van der Waals surface area contributed by atoms with Gasteiger partial charge in [0, 0.05) is 36.3 Å². The van der Waals surface area contributed by atoms with E-state index in [4.69, 9.17) is 4.52 Å². The quantitative estimate of drug-likeness (QED) is 0.942. The van der Waals surface area contributed by atoms with Crippen molar-refractivity contribution in [3.8, 4) is 0 Å². The first kappa shape index (κ1) is 14.0. The summed E-state index contributed by atoms with van der Waals surface area (Å²) in [5.74, 6) is 1.09. The van der Waals surface area contributed by atoms with Gasteiger partial charge in [-0.2, -0.15) is 0 Å². The Morgan fingerprint density at radius 2 is 2.04 bits per heavy atom. The van der Waals surface area contributed by atoms with E-state index in [0.717, 1.165) is 37.3 Å². The first-order valence-electron chi connectivity index (χ1n) is 7.89. The molecule has 2 heterocycles. The molecule has 0 unspecified atom stereocenters. The Bertz CT molecular complexity index is 747. The van der Waals surface area contributed by atoms with Crippen molar-refractivity contribution in [3.05, 3.63) is 41.8 Å². The Hall–Kier alpha value is -2.63. The van der Waals surface area contributed by atoms with E-state index in [1.165, 1.54) is 0 Å². The fourth-order valence-electron chi connectivity index (χ4n) is 2.80. The Balaban J connectivity index is 1.43. The minimum Gasteiger partial charge on any atom is -0.360 e. The molecule has 2 aliphatic rings. The molecule has 1 saturated heterocycles. The van der Waals surface area contributed by atoms with Gasteiger partial charge in [0.05, 0.1) is 0 Å². The van der Waals surface area contributed by atoms with E-state index in [1.54, 1.807) is 23.1 Å². The van der Waals surface area contributed by atoms with E-state index < -0.39 is 0 Å². The molecular weight excluding hydrogens is 294 g/mol.